The Morgan fingerprint density at radius 2 is 1.84 bits per heavy atom. The van der Waals surface area contributed by atoms with Crippen LogP contribution in [0.2, 0.25) is 0 Å². The monoisotopic (exact) mass is 344 g/mol. The van der Waals surface area contributed by atoms with Crippen molar-refractivity contribution in [3.05, 3.63) is 53.7 Å². The first kappa shape index (κ1) is 18.1. The van der Waals surface area contributed by atoms with Crippen molar-refractivity contribution >= 4 is 0 Å². The third kappa shape index (κ3) is 4.11. The van der Waals surface area contributed by atoms with Gasteiger partial charge in [-0.25, -0.2) is 4.98 Å². The number of hydrogen-bond donors (Lipinski definition) is 2. The highest BCUT2D eigenvalue weighted by Crippen LogP contribution is 2.43. The van der Waals surface area contributed by atoms with Crippen molar-refractivity contribution in [2.24, 2.45) is 5.92 Å². The van der Waals surface area contributed by atoms with Gasteiger partial charge in [-0.05, 0) is 18.4 Å². The Kier molecular flexibility index (Phi) is 5.27. The van der Waals surface area contributed by atoms with E-state index in [4.69, 9.17) is 4.42 Å². The van der Waals surface area contributed by atoms with Gasteiger partial charge >= 0.3 is 0 Å². The van der Waals surface area contributed by atoms with Crippen molar-refractivity contribution in [3.8, 4) is 0 Å². The van der Waals surface area contributed by atoms with Gasteiger partial charge in [0.2, 0.25) is 5.89 Å². The molecule has 2 aromatic rings. The van der Waals surface area contributed by atoms with E-state index >= 15 is 0 Å². The predicted octanol–water partition coefficient (Wildman–Crippen LogP) is 3.20. The molecule has 0 spiro atoms. The van der Waals surface area contributed by atoms with Crippen LogP contribution in [0.25, 0.3) is 0 Å². The number of benzene rings is 1. The summed E-state index contributed by atoms with van der Waals surface area (Å²) in [6, 6.07) is 9.85. The molecule has 2 N–H and O–H groups in total. The van der Waals surface area contributed by atoms with Crippen LogP contribution in [0, 0.1) is 5.92 Å². The average Bonchev–Trinajstić information content (AvgIpc) is 3.10. The van der Waals surface area contributed by atoms with E-state index in [0.717, 1.165) is 37.0 Å². The molecule has 0 aliphatic heterocycles. The Morgan fingerprint density at radius 1 is 1.16 bits per heavy atom. The Labute approximate surface area is 150 Å². The SMILES string of the molecule is C[N+](C)(C)NCc1cnc([C@@](O)(c2ccccc2)C2CCCCC2)o1. The van der Waals surface area contributed by atoms with E-state index in [1.807, 2.05) is 30.3 Å². The molecule has 5 nitrogen and oxygen atoms in total. The molecule has 0 saturated heterocycles. The molecule has 3 rings (SSSR count). The third-order valence-corrected chi connectivity index (χ3v) is 5.02. The average molecular weight is 344 g/mol. The lowest BCUT2D eigenvalue weighted by Crippen LogP contribution is -2.47. The molecule has 1 aromatic heterocycles. The van der Waals surface area contributed by atoms with Crippen molar-refractivity contribution in [3.63, 3.8) is 0 Å². The fourth-order valence-corrected chi connectivity index (χ4v) is 3.63. The zero-order valence-corrected chi connectivity index (χ0v) is 15.5. The third-order valence-electron chi connectivity index (χ3n) is 5.02. The fourth-order valence-electron chi connectivity index (χ4n) is 3.63. The van der Waals surface area contributed by atoms with E-state index < -0.39 is 5.60 Å². The second-order valence-electron chi connectivity index (χ2n) is 7.95. The minimum Gasteiger partial charge on any atom is -0.441 e. The van der Waals surface area contributed by atoms with Crippen LogP contribution in [0.1, 0.15) is 49.3 Å². The summed E-state index contributed by atoms with van der Waals surface area (Å²) in [5, 5.41) is 11.7. The normalized spacial score (nSPS) is 18.9. The highest BCUT2D eigenvalue weighted by Gasteiger charge is 2.44. The van der Waals surface area contributed by atoms with Crippen LogP contribution in [0.3, 0.4) is 0 Å². The summed E-state index contributed by atoms with van der Waals surface area (Å²) in [4.78, 5) is 4.48. The summed E-state index contributed by atoms with van der Waals surface area (Å²) < 4.78 is 6.64. The molecule has 0 radical (unpaired) electrons. The van der Waals surface area contributed by atoms with Crippen molar-refractivity contribution in [1.82, 2.24) is 10.4 Å². The highest BCUT2D eigenvalue weighted by molar-refractivity contribution is 5.30. The molecule has 1 aliphatic rings. The lowest BCUT2D eigenvalue weighted by molar-refractivity contribution is -0.917. The number of aromatic nitrogens is 1. The van der Waals surface area contributed by atoms with Crippen LogP contribution in [-0.2, 0) is 12.1 Å². The molecule has 25 heavy (non-hydrogen) atoms. The van der Waals surface area contributed by atoms with E-state index in [0.29, 0.717) is 17.0 Å². The number of nitrogens with zero attached hydrogens (tertiary/aromatic N) is 2. The van der Waals surface area contributed by atoms with Crippen LogP contribution in [-0.4, -0.2) is 35.8 Å². The van der Waals surface area contributed by atoms with Gasteiger partial charge in [-0.3, -0.25) is 4.59 Å². The molecule has 1 saturated carbocycles. The lowest BCUT2D eigenvalue weighted by Gasteiger charge is -2.36. The van der Waals surface area contributed by atoms with Crippen molar-refractivity contribution in [1.29, 1.82) is 0 Å². The first-order valence-electron chi connectivity index (χ1n) is 9.19. The van der Waals surface area contributed by atoms with Gasteiger partial charge in [0, 0.05) is 5.92 Å². The summed E-state index contributed by atoms with van der Waals surface area (Å²) in [6.07, 6.45) is 7.27. The molecule has 0 amide bonds. The summed E-state index contributed by atoms with van der Waals surface area (Å²) in [5.41, 5.74) is 3.06. The standard InChI is InChI=1S/C20H30N3O2/c1-23(2,3)22-15-18-14-21-19(25-18)20(24,16-10-6-4-7-11-16)17-12-8-5-9-13-17/h4,6-7,10-11,14,17,22,24H,5,8-9,12-13,15H2,1-3H3/q+1/t20-/m1/s1. The van der Waals surface area contributed by atoms with Crippen LogP contribution < -0.4 is 5.43 Å². The second-order valence-corrected chi connectivity index (χ2v) is 7.95. The fraction of sp³-hybridized carbons (Fsp3) is 0.550. The maximum absolute atomic E-state index is 11.7. The Hall–Kier alpha value is -1.69. The summed E-state index contributed by atoms with van der Waals surface area (Å²) >= 11 is 0. The Bertz CT molecular complexity index is 672. The number of oxazole rings is 1. The number of quaternary nitrogens is 1. The molecular weight excluding hydrogens is 314 g/mol. The van der Waals surface area contributed by atoms with E-state index in [-0.39, 0.29) is 5.92 Å². The van der Waals surface area contributed by atoms with Crippen LogP contribution in [0.15, 0.2) is 40.9 Å². The second kappa shape index (κ2) is 7.28. The lowest BCUT2D eigenvalue weighted by atomic mass is 9.73. The summed E-state index contributed by atoms with van der Waals surface area (Å²) in [7, 11) is 6.17. The van der Waals surface area contributed by atoms with E-state index in [9.17, 15) is 5.11 Å². The maximum Gasteiger partial charge on any atom is 0.231 e. The van der Waals surface area contributed by atoms with Gasteiger partial charge in [-0.1, -0.05) is 49.6 Å². The van der Waals surface area contributed by atoms with Crippen molar-refractivity contribution in [2.45, 2.75) is 44.2 Å². The zero-order valence-electron chi connectivity index (χ0n) is 15.5. The minimum absolute atomic E-state index is 0.140. The van der Waals surface area contributed by atoms with Crippen LogP contribution in [0.5, 0.6) is 0 Å². The van der Waals surface area contributed by atoms with Gasteiger partial charge in [0.15, 0.2) is 5.60 Å². The van der Waals surface area contributed by atoms with Crippen LogP contribution in [0.4, 0.5) is 0 Å². The minimum atomic E-state index is -1.16. The molecule has 1 aliphatic carbocycles. The number of hydrogen-bond acceptors (Lipinski definition) is 4. The smallest absolute Gasteiger partial charge is 0.231 e. The van der Waals surface area contributed by atoms with Gasteiger partial charge in [0.1, 0.15) is 12.3 Å². The Balaban J connectivity index is 1.91. The zero-order chi connectivity index (χ0) is 17.9. The van der Waals surface area contributed by atoms with Crippen LogP contribution >= 0.6 is 0 Å². The van der Waals surface area contributed by atoms with E-state index in [1.165, 1.54) is 6.42 Å². The van der Waals surface area contributed by atoms with Crippen molar-refractivity contribution in [2.75, 3.05) is 21.1 Å². The van der Waals surface area contributed by atoms with Gasteiger partial charge in [0.25, 0.3) is 0 Å². The van der Waals surface area contributed by atoms with Crippen molar-refractivity contribution < 1.29 is 14.1 Å². The molecule has 1 aromatic carbocycles. The summed E-state index contributed by atoms with van der Waals surface area (Å²) in [5.74, 6) is 1.30. The van der Waals surface area contributed by atoms with E-state index in [1.54, 1.807) is 6.20 Å². The molecule has 5 heteroatoms. The number of rotatable bonds is 6. The maximum atomic E-state index is 11.7. The first-order valence-corrected chi connectivity index (χ1v) is 9.19. The summed E-state index contributed by atoms with van der Waals surface area (Å²) in [6.45, 7) is 0.575. The van der Waals surface area contributed by atoms with Gasteiger partial charge < -0.3 is 9.52 Å². The van der Waals surface area contributed by atoms with Gasteiger partial charge in [0.05, 0.1) is 27.3 Å². The molecule has 0 unspecified atom stereocenters. The van der Waals surface area contributed by atoms with Gasteiger partial charge in [-0.2, -0.15) is 5.43 Å². The molecular formula is C20H30N3O2+. The molecule has 1 heterocycles. The molecule has 136 valence electrons. The van der Waals surface area contributed by atoms with Gasteiger partial charge in [-0.15, -0.1) is 0 Å². The topological polar surface area (TPSA) is 58.3 Å². The quantitative estimate of drug-likeness (QED) is 0.624. The largest absolute Gasteiger partial charge is 0.441 e. The highest BCUT2D eigenvalue weighted by atomic mass is 16.4. The first-order chi connectivity index (χ1) is 11.9. The predicted molar refractivity (Wildman–Crippen MR) is 97.4 cm³/mol. The number of aliphatic hydroxyl groups is 1. The molecule has 0 bridgehead atoms. The van der Waals surface area contributed by atoms with E-state index in [2.05, 4.69) is 31.6 Å². The Morgan fingerprint density at radius 3 is 2.48 bits per heavy atom. The molecule has 1 atom stereocenters. The molecule has 1 fully saturated rings. The number of nitrogens with one attached hydrogen (secondary N) is 1.